The standard InChI is InChI=1S/C9H16IN5O/c1-3-11-8-6-13-14-15(8)5-4-12-9(16)7(2)10/h6-7,11H,3-5H2,1-2H3,(H,12,16). The number of nitrogens with one attached hydrogen (secondary N) is 2. The van der Waals surface area contributed by atoms with Crippen molar-refractivity contribution in [3.05, 3.63) is 6.20 Å². The Hall–Kier alpha value is -0.860. The van der Waals surface area contributed by atoms with Gasteiger partial charge in [0.1, 0.15) is 5.82 Å². The Morgan fingerprint density at radius 2 is 2.44 bits per heavy atom. The first-order valence-corrected chi connectivity index (χ1v) is 6.43. The van der Waals surface area contributed by atoms with Crippen molar-refractivity contribution in [2.45, 2.75) is 24.3 Å². The van der Waals surface area contributed by atoms with Crippen LogP contribution in [-0.2, 0) is 11.3 Å². The minimum absolute atomic E-state index is 0.0124. The van der Waals surface area contributed by atoms with Gasteiger partial charge in [-0.1, -0.05) is 27.8 Å². The summed E-state index contributed by atoms with van der Waals surface area (Å²) in [5.74, 6) is 0.921. The fraction of sp³-hybridized carbons (Fsp3) is 0.667. The summed E-state index contributed by atoms with van der Waals surface area (Å²) >= 11 is 2.08. The van der Waals surface area contributed by atoms with Crippen molar-refractivity contribution in [3.8, 4) is 0 Å². The van der Waals surface area contributed by atoms with E-state index in [0.717, 1.165) is 12.4 Å². The molecule has 0 spiro atoms. The van der Waals surface area contributed by atoms with Crippen LogP contribution >= 0.6 is 22.6 Å². The Kier molecular flexibility index (Phi) is 5.50. The Morgan fingerprint density at radius 3 is 3.06 bits per heavy atom. The van der Waals surface area contributed by atoms with Gasteiger partial charge in [0.05, 0.1) is 16.7 Å². The summed E-state index contributed by atoms with van der Waals surface area (Å²) < 4.78 is 1.73. The summed E-state index contributed by atoms with van der Waals surface area (Å²) in [5, 5.41) is 13.7. The summed E-state index contributed by atoms with van der Waals surface area (Å²) in [6.07, 6.45) is 1.67. The second kappa shape index (κ2) is 6.66. The van der Waals surface area contributed by atoms with E-state index < -0.39 is 0 Å². The molecule has 1 unspecified atom stereocenters. The maximum Gasteiger partial charge on any atom is 0.232 e. The maximum atomic E-state index is 11.3. The van der Waals surface area contributed by atoms with Crippen LogP contribution in [0.1, 0.15) is 13.8 Å². The fourth-order valence-electron chi connectivity index (χ4n) is 1.17. The van der Waals surface area contributed by atoms with Gasteiger partial charge in [0.25, 0.3) is 0 Å². The molecule has 0 aliphatic carbocycles. The number of rotatable bonds is 6. The van der Waals surface area contributed by atoms with Crippen molar-refractivity contribution in [3.63, 3.8) is 0 Å². The first-order valence-electron chi connectivity index (χ1n) is 5.19. The number of anilines is 1. The molecule has 6 nitrogen and oxygen atoms in total. The zero-order chi connectivity index (χ0) is 12.0. The minimum Gasteiger partial charge on any atom is -0.369 e. The summed E-state index contributed by atoms with van der Waals surface area (Å²) in [6.45, 7) is 5.88. The highest BCUT2D eigenvalue weighted by molar-refractivity contribution is 14.1. The van der Waals surface area contributed by atoms with Gasteiger partial charge in [0.15, 0.2) is 0 Å². The van der Waals surface area contributed by atoms with E-state index in [1.165, 1.54) is 0 Å². The lowest BCUT2D eigenvalue weighted by Crippen LogP contribution is -2.32. The second-order valence-electron chi connectivity index (χ2n) is 3.28. The van der Waals surface area contributed by atoms with Crippen LogP contribution in [0, 0.1) is 0 Å². The molecule has 0 radical (unpaired) electrons. The Balaban J connectivity index is 2.37. The molecule has 1 aromatic heterocycles. The highest BCUT2D eigenvalue weighted by atomic mass is 127. The van der Waals surface area contributed by atoms with Gasteiger partial charge in [0, 0.05) is 13.1 Å². The van der Waals surface area contributed by atoms with Gasteiger partial charge in [-0.3, -0.25) is 4.79 Å². The topological polar surface area (TPSA) is 71.8 Å². The molecule has 0 aliphatic rings. The Bertz CT molecular complexity index is 338. The van der Waals surface area contributed by atoms with E-state index in [0.29, 0.717) is 13.1 Å². The molecule has 1 aromatic rings. The van der Waals surface area contributed by atoms with Crippen molar-refractivity contribution in [1.29, 1.82) is 0 Å². The van der Waals surface area contributed by atoms with Crippen molar-refractivity contribution < 1.29 is 4.79 Å². The maximum absolute atomic E-state index is 11.3. The largest absolute Gasteiger partial charge is 0.369 e. The highest BCUT2D eigenvalue weighted by Gasteiger charge is 2.08. The lowest BCUT2D eigenvalue weighted by Gasteiger charge is -2.08. The number of amides is 1. The second-order valence-corrected chi connectivity index (χ2v) is 5.15. The molecule has 0 saturated carbocycles. The SMILES string of the molecule is CCNc1cnnn1CCNC(=O)C(C)I. The van der Waals surface area contributed by atoms with Gasteiger partial charge in [-0.2, -0.15) is 0 Å². The van der Waals surface area contributed by atoms with E-state index >= 15 is 0 Å². The van der Waals surface area contributed by atoms with E-state index in [2.05, 4.69) is 43.5 Å². The third kappa shape index (κ3) is 3.95. The fourth-order valence-corrected chi connectivity index (χ4v) is 1.39. The number of halogens is 1. The molecule has 0 aromatic carbocycles. The van der Waals surface area contributed by atoms with Crippen LogP contribution < -0.4 is 10.6 Å². The number of carbonyl (C=O) groups is 1. The van der Waals surface area contributed by atoms with E-state index in [-0.39, 0.29) is 9.83 Å². The molecule has 0 saturated heterocycles. The molecule has 7 heteroatoms. The number of alkyl halides is 1. The molecule has 1 rings (SSSR count). The van der Waals surface area contributed by atoms with E-state index in [4.69, 9.17) is 0 Å². The quantitative estimate of drug-likeness (QED) is 0.591. The van der Waals surface area contributed by atoms with Crippen LogP contribution in [0.3, 0.4) is 0 Å². The normalized spacial score (nSPS) is 12.2. The van der Waals surface area contributed by atoms with E-state index in [1.54, 1.807) is 10.9 Å². The van der Waals surface area contributed by atoms with Crippen LogP contribution in [-0.4, -0.2) is 37.9 Å². The van der Waals surface area contributed by atoms with Crippen LogP contribution in [0.4, 0.5) is 5.82 Å². The van der Waals surface area contributed by atoms with Crippen molar-refractivity contribution >= 4 is 34.3 Å². The molecular weight excluding hydrogens is 321 g/mol. The Morgan fingerprint density at radius 1 is 1.69 bits per heavy atom. The first-order chi connectivity index (χ1) is 7.65. The average molecular weight is 337 g/mol. The summed E-state index contributed by atoms with van der Waals surface area (Å²) in [6, 6.07) is 0. The van der Waals surface area contributed by atoms with Gasteiger partial charge < -0.3 is 10.6 Å². The number of hydrogen-bond donors (Lipinski definition) is 2. The first kappa shape index (κ1) is 13.2. The van der Waals surface area contributed by atoms with Crippen molar-refractivity contribution in [1.82, 2.24) is 20.3 Å². The van der Waals surface area contributed by atoms with Gasteiger partial charge in [0.2, 0.25) is 5.91 Å². The van der Waals surface area contributed by atoms with Crippen LogP contribution in [0.2, 0.25) is 0 Å². The Labute approximate surface area is 108 Å². The van der Waals surface area contributed by atoms with Crippen LogP contribution in [0.5, 0.6) is 0 Å². The predicted octanol–water partition coefficient (Wildman–Crippen LogP) is 0.650. The highest BCUT2D eigenvalue weighted by Crippen LogP contribution is 2.02. The number of hydrogen-bond acceptors (Lipinski definition) is 4. The molecule has 1 amide bonds. The van der Waals surface area contributed by atoms with Gasteiger partial charge in [-0.15, -0.1) is 5.10 Å². The predicted molar refractivity (Wildman–Crippen MR) is 70.7 cm³/mol. The van der Waals surface area contributed by atoms with Gasteiger partial charge in [-0.25, -0.2) is 4.68 Å². The van der Waals surface area contributed by atoms with Gasteiger partial charge in [-0.05, 0) is 13.8 Å². The monoisotopic (exact) mass is 337 g/mol. The van der Waals surface area contributed by atoms with Crippen molar-refractivity contribution in [2.24, 2.45) is 0 Å². The van der Waals surface area contributed by atoms with Crippen molar-refractivity contribution in [2.75, 3.05) is 18.4 Å². The molecular formula is C9H16IN5O. The molecule has 2 N–H and O–H groups in total. The zero-order valence-electron chi connectivity index (χ0n) is 9.40. The molecule has 90 valence electrons. The smallest absolute Gasteiger partial charge is 0.232 e. The lowest BCUT2D eigenvalue weighted by molar-refractivity contribution is -0.120. The van der Waals surface area contributed by atoms with Crippen LogP contribution in [0.15, 0.2) is 6.20 Å². The summed E-state index contributed by atoms with van der Waals surface area (Å²) in [5.41, 5.74) is 0. The molecule has 1 atom stereocenters. The van der Waals surface area contributed by atoms with E-state index in [9.17, 15) is 4.79 Å². The third-order valence-electron chi connectivity index (χ3n) is 1.96. The average Bonchev–Trinajstić information content (AvgIpc) is 2.66. The molecule has 0 fully saturated rings. The number of carbonyl (C=O) groups excluding carboxylic acids is 1. The number of aromatic nitrogens is 3. The summed E-state index contributed by atoms with van der Waals surface area (Å²) in [7, 11) is 0. The summed E-state index contributed by atoms with van der Waals surface area (Å²) in [4.78, 5) is 11.3. The zero-order valence-corrected chi connectivity index (χ0v) is 11.6. The third-order valence-corrected chi connectivity index (χ3v) is 2.53. The van der Waals surface area contributed by atoms with Crippen LogP contribution in [0.25, 0.3) is 0 Å². The van der Waals surface area contributed by atoms with Gasteiger partial charge >= 0.3 is 0 Å². The molecule has 16 heavy (non-hydrogen) atoms. The minimum atomic E-state index is -0.0124. The van der Waals surface area contributed by atoms with E-state index in [1.807, 2.05) is 13.8 Å². The molecule has 1 heterocycles. The molecule has 0 bridgehead atoms. The molecule has 0 aliphatic heterocycles. The lowest BCUT2D eigenvalue weighted by atomic mass is 10.4. The number of nitrogens with zero attached hydrogens (tertiary/aromatic N) is 3.